The molecule has 1 aliphatic heterocycles. The second-order valence-corrected chi connectivity index (χ2v) is 8.64. The number of nitrogens with zero attached hydrogens (tertiary/aromatic N) is 7. The van der Waals surface area contributed by atoms with Crippen LogP contribution in [0.5, 0.6) is 0 Å². The molecule has 1 saturated heterocycles. The molecule has 10 nitrogen and oxygen atoms in total. The maximum atomic E-state index is 12.6. The molecule has 178 valence electrons. The van der Waals surface area contributed by atoms with E-state index in [0.29, 0.717) is 37.7 Å². The van der Waals surface area contributed by atoms with Gasteiger partial charge in [-0.2, -0.15) is 5.10 Å². The lowest BCUT2D eigenvalue weighted by Gasteiger charge is -2.39. The standard InChI is InChI=1S/C25H26N8O2/c1-17-10-18(2)33(30-17)23-12-22(27-15-28-23)32-13-20(14-32)25(35)26-8-9-31-16-29-21(11-24(31)34)19-6-4-3-5-7-19/h3-7,10-12,15-16,20H,8-9,13-14H2,1-2H3,(H,26,35). The minimum absolute atomic E-state index is 0.0315. The summed E-state index contributed by atoms with van der Waals surface area (Å²) in [4.78, 5) is 40.1. The van der Waals surface area contributed by atoms with Gasteiger partial charge in [0.05, 0.1) is 23.6 Å². The highest BCUT2D eigenvalue weighted by atomic mass is 16.2. The minimum Gasteiger partial charge on any atom is -0.355 e. The van der Waals surface area contributed by atoms with E-state index < -0.39 is 0 Å². The molecule has 0 atom stereocenters. The van der Waals surface area contributed by atoms with Gasteiger partial charge in [0.1, 0.15) is 12.1 Å². The van der Waals surface area contributed by atoms with Crippen molar-refractivity contribution in [2.45, 2.75) is 20.4 Å². The number of hydrogen-bond donors (Lipinski definition) is 1. The SMILES string of the molecule is Cc1cc(C)n(-c2cc(N3CC(C(=O)NCCn4cnc(-c5ccccc5)cc4=O)C3)ncn2)n1. The highest BCUT2D eigenvalue weighted by Gasteiger charge is 2.33. The van der Waals surface area contributed by atoms with Crippen molar-refractivity contribution in [3.05, 3.63) is 82.9 Å². The number of benzene rings is 1. The first kappa shape index (κ1) is 22.5. The lowest BCUT2D eigenvalue weighted by molar-refractivity contribution is -0.125. The smallest absolute Gasteiger partial charge is 0.253 e. The zero-order chi connectivity index (χ0) is 24.4. The predicted molar refractivity (Wildman–Crippen MR) is 131 cm³/mol. The van der Waals surface area contributed by atoms with Crippen LogP contribution in [0.3, 0.4) is 0 Å². The summed E-state index contributed by atoms with van der Waals surface area (Å²) in [6.07, 6.45) is 3.04. The van der Waals surface area contributed by atoms with Gasteiger partial charge >= 0.3 is 0 Å². The highest BCUT2D eigenvalue weighted by molar-refractivity contribution is 5.81. The van der Waals surface area contributed by atoms with Crippen LogP contribution >= 0.6 is 0 Å². The van der Waals surface area contributed by atoms with E-state index in [4.69, 9.17) is 0 Å². The van der Waals surface area contributed by atoms with Crippen LogP contribution in [0.25, 0.3) is 17.1 Å². The van der Waals surface area contributed by atoms with Gasteiger partial charge < -0.3 is 10.2 Å². The van der Waals surface area contributed by atoms with Crippen LogP contribution in [-0.4, -0.2) is 54.8 Å². The van der Waals surface area contributed by atoms with Gasteiger partial charge in [0.25, 0.3) is 5.56 Å². The van der Waals surface area contributed by atoms with Crippen LogP contribution in [0.15, 0.2) is 66.0 Å². The first-order valence-electron chi connectivity index (χ1n) is 11.5. The van der Waals surface area contributed by atoms with Gasteiger partial charge in [-0.15, -0.1) is 0 Å². The summed E-state index contributed by atoms with van der Waals surface area (Å²) in [5.74, 6) is 1.31. The molecule has 1 aliphatic rings. The molecule has 0 unspecified atom stereocenters. The van der Waals surface area contributed by atoms with Crippen molar-refractivity contribution in [2.75, 3.05) is 24.5 Å². The van der Waals surface area contributed by atoms with Gasteiger partial charge in [0, 0.05) is 49.6 Å². The molecule has 0 aliphatic carbocycles. The summed E-state index contributed by atoms with van der Waals surface area (Å²) in [6, 6.07) is 15.0. The third-order valence-corrected chi connectivity index (χ3v) is 6.04. The van der Waals surface area contributed by atoms with Crippen molar-refractivity contribution in [3.8, 4) is 17.1 Å². The van der Waals surface area contributed by atoms with Gasteiger partial charge in [0.15, 0.2) is 5.82 Å². The van der Waals surface area contributed by atoms with E-state index >= 15 is 0 Å². The fourth-order valence-corrected chi connectivity index (χ4v) is 4.12. The third kappa shape index (κ3) is 4.81. The van der Waals surface area contributed by atoms with E-state index in [2.05, 4.69) is 25.4 Å². The van der Waals surface area contributed by atoms with Gasteiger partial charge in [-0.3, -0.25) is 14.2 Å². The normalized spacial score (nSPS) is 13.5. The largest absolute Gasteiger partial charge is 0.355 e. The molecule has 35 heavy (non-hydrogen) atoms. The number of carbonyl (C=O) groups excluding carboxylic acids is 1. The molecule has 0 spiro atoms. The van der Waals surface area contributed by atoms with Gasteiger partial charge in [0.2, 0.25) is 5.91 Å². The maximum absolute atomic E-state index is 12.6. The van der Waals surface area contributed by atoms with E-state index in [1.165, 1.54) is 23.3 Å². The van der Waals surface area contributed by atoms with Crippen molar-refractivity contribution in [3.63, 3.8) is 0 Å². The van der Waals surface area contributed by atoms with Gasteiger partial charge in [-0.05, 0) is 19.9 Å². The average molecular weight is 471 g/mol. The molecule has 1 amide bonds. The Balaban J connectivity index is 1.13. The molecule has 4 heterocycles. The Hall–Kier alpha value is -4.34. The third-order valence-electron chi connectivity index (χ3n) is 6.04. The first-order valence-corrected chi connectivity index (χ1v) is 11.5. The molecular weight excluding hydrogens is 444 g/mol. The van der Waals surface area contributed by atoms with Crippen LogP contribution in [0.4, 0.5) is 5.82 Å². The fraction of sp³-hybridized carbons (Fsp3) is 0.280. The number of hydrogen-bond acceptors (Lipinski definition) is 7. The Bertz CT molecular complexity index is 1410. The number of rotatable bonds is 7. The molecule has 0 bridgehead atoms. The van der Waals surface area contributed by atoms with Crippen LogP contribution in [-0.2, 0) is 11.3 Å². The zero-order valence-electron chi connectivity index (χ0n) is 19.6. The monoisotopic (exact) mass is 470 g/mol. The summed E-state index contributed by atoms with van der Waals surface area (Å²) in [5, 5.41) is 7.39. The van der Waals surface area contributed by atoms with E-state index in [9.17, 15) is 9.59 Å². The van der Waals surface area contributed by atoms with Crippen molar-refractivity contribution in [1.82, 2.24) is 34.6 Å². The number of aryl methyl sites for hydroxylation is 2. The van der Waals surface area contributed by atoms with Crippen molar-refractivity contribution in [2.24, 2.45) is 5.92 Å². The lowest BCUT2D eigenvalue weighted by Crippen LogP contribution is -2.54. The molecular formula is C25H26N8O2. The quantitative estimate of drug-likeness (QED) is 0.438. The predicted octanol–water partition coefficient (Wildman–Crippen LogP) is 1.76. The molecule has 1 aromatic carbocycles. The number of aromatic nitrogens is 6. The number of amides is 1. The zero-order valence-corrected chi connectivity index (χ0v) is 19.6. The molecule has 3 aromatic heterocycles. The van der Waals surface area contributed by atoms with Crippen LogP contribution in [0, 0.1) is 19.8 Å². The Kier molecular flexibility index (Phi) is 6.09. The van der Waals surface area contributed by atoms with E-state index in [-0.39, 0.29) is 17.4 Å². The van der Waals surface area contributed by atoms with E-state index in [1.807, 2.05) is 61.2 Å². The van der Waals surface area contributed by atoms with Crippen LogP contribution < -0.4 is 15.8 Å². The summed E-state index contributed by atoms with van der Waals surface area (Å²) < 4.78 is 3.29. The molecule has 4 aromatic rings. The maximum Gasteiger partial charge on any atom is 0.253 e. The fourth-order valence-electron chi connectivity index (χ4n) is 4.12. The summed E-state index contributed by atoms with van der Waals surface area (Å²) in [6.45, 7) is 5.79. The van der Waals surface area contributed by atoms with Crippen LogP contribution in [0.1, 0.15) is 11.4 Å². The minimum atomic E-state index is -0.148. The molecule has 1 fully saturated rings. The Morgan fingerprint density at radius 3 is 2.51 bits per heavy atom. The van der Waals surface area contributed by atoms with Crippen molar-refractivity contribution < 1.29 is 4.79 Å². The van der Waals surface area contributed by atoms with Gasteiger partial charge in [-0.25, -0.2) is 19.6 Å². The summed E-state index contributed by atoms with van der Waals surface area (Å²) >= 11 is 0. The molecule has 1 N–H and O–H groups in total. The Labute approximate surface area is 202 Å². The second kappa shape index (κ2) is 9.49. The molecule has 5 rings (SSSR count). The summed E-state index contributed by atoms with van der Waals surface area (Å²) in [5.41, 5.74) is 3.30. The first-order chi connectivity index (χ1) is 17.0. The Morgan fingerprint density at radius 2 is 1.80 bits per heavy atom. The highest BCUT2D eigenvalue weighted by Crippen LogP contribution is 2.24. The molecule has 10 heteroatoms. The average Bonchev–Trinajstić information content (AvgIpc) is 3.17. The number of anilines is 1. The Morgan fingerprint density at radius 1 is 1.03 bits per heavy atom. The number of nitrogens with one attached hydrogen (secondary N) is 1. The van der Waals surface area contributed by atoms with Crippen molar-refractivity contribution >= 4 is 11.7 Å². The topological polar surface area (TPSA) is 111 Å². The lowest BCUT2D eigenvalue weighted by atomic mass is 9.99. The van der Waals surface area contributed by atoms with Crippen molar-refractivity contribution in [1.29, 1.82) is 0 Å². The molecule has 0 radical (unpaired) electrons. The van der Waals surface area contributed by atoms with Crippen LogP contribution in [0.2, 0.25) is 0 Å². The van der Waals surface area contributed by atoms with E-state index in [0.717, 1.165) is 22.8 Å². The number of carbonyl (C=O) groups is 1. The van der Waals surface area contributed by atoms with E-state index in [1.54, 1.807) is 4.68 Å². The van der Waals surface area contributed by atoms with Gasteiger partial charge in [-0.1, -0.05) is 30.3 Å². The second-order valence-electron chi connectivity index (χ2n) is 8.64. The molecule has 0 saturated carbocycles. The summed E-state index contributed by atoms with van der Waals surface area (Å²) in [7, 11) is 0.